The number of nitrogens with two attached hydrogens (primary N) is 1. The Morgan fingerprint density at radius 1 is 1.11 bits per heavy atom. The first kappa shape index (κ1) is 27.5. The van der Waals surface area contributed by atoms with Gasteiger partial charge in [-0.1, -0.05) is 56.3 Å². The molecule has 0 saturated carbocycles. The number of amides is 1. The lowest BCUT2D eigenvalue weighted by molar-refractivity contribution is -0.142. The van der Waals surface area contributed by atoms with E-state index in [0.29, 0.717) is 37.8 Å². The summed E-state index contributed by atoms with van der Waals surface area (Å²) in [7, 11) is 0. The molecule has 0 aromatic heterocycles. The van der Waals surface area contributed by atoms with Crippen LogP contribution in [0.3, 0.4) is 0 Å². The van der Waals surface area contributed by atoms with E-state index in [-0.39, 0.29) is 41.6 Å². The fraction of sp³-hybridized carbons (Fsp3) is 0.548. The Labute approximate surface area is 221 Å². The number of fused-ring (bicyclic) bond motifs is 1. The standard InChI is InChI=1S/C31H42FN3O2/c1-21(2)17-28(30(36)14-12-24-10-9-22(3)27(32)18-24)34-16-15-26(13-11-23-7-5-4-6-8-23)35-20-25(33)19-29(35)31(34)37/h4-10,18,21,25-26,28-29H,11-17,19-20,33H2,1-3H3/t25-,26?,28-,29+/m1/s1. The van der Waals surface area contributed by atoms with E-state index >= 15 is 0 Å². The number of rotatable bonds is 10. The lowest BCUT2D eigenvalue weighted by Crippen LogP contribution is -2.51. The predicted octanol–water partition coefficient (Wildman–Crippen LogP) is 4.69. The molecule has 2 aliphatic heterocycles. The van der Waals surface area contributed by atoms with Gasteiger partial charge >= 0.3 is 0 Å². The summed E-state index contributed by atoms with van der Waals surface area (Å²) >= 11 is 0. The topological polar surface area (TPSA) is 66.6 Å². The van der Waals surface area contributed by atoms with Crippen molar-refractivity contribution in [2.24, 2.45) is 11.7 Å². The summed E-state index contributed by atoms with van der Waals surface area (Å²) in [6.45, 7) is 7.24. The second kappa shape index (κ2) is 12.3. The van der Waals surface area contributed by atoms with Crippen LogP contribution in [0.15, 0.2) is 48.5 Å². The molecule has 0 aliphatic carbocycles. The second-order valence-corrected chi connectivity index (χ2v) is 11.4. The maximum atomic E-state index is 14.0. The van der Waals surface area contributed by atoms with E-state index in [9.17, 15) is 14.0 Å². The van der Waals surface area contributed by atoms with Crippen LogP contribution in [0.4, 0.5) is 4.39 Å². The van der Waals surface area contributed by atoms with Gasteiger partial charge in [0.05, 0.1) is 12.1 Å². The molecule has 0 radical (unpaired) electrons. The van der Waals surface area contributed by atoms with E-state index in [1.54, 1.807) is 13.0 Å². The molecule has 2 saturated heterocycles. The molecular weight excluding hydrogens is 465 g/mol. The SMILES string of the molecule is Cc1ccc(CCC(=O)[C@@H](CC(C)C)N2CCC(CCc3ccccc3)N3C[C@H](N)C[C@H]3C2=O)cc1F. The van der Waals surface area contributed by atoms with Crippen LogP contribution in [-0.2, 0) is 22.4 Å². The lowest BCUT2D eigenvalue weighted by atomic mass is 9.94. The van der Waals surface area contributed by atoms with Gasteiger partial charge in [0.15, 0.2) is 5.78 Å². The van der Waals surface area contributed by atoms with Gasteiger partial charge < -0.3 is 10.6 Å². The molecule has 4 atom stereocenters. The van der Waals surface area contributed by atoms with Crippen molar-refractivity contribution in [2.45, 2.75) is 89.9 Å². The summed E-state index contributed by atoms with van der Waals surface area (Å²) < 4.78 is 14.0. The quantitative estimate of drug-likeness (QED) is 0.507. The highest BCUT2D eigenvalue weighted by molar-refractivity contribution is 5.91. The van der Waals surface area contributed by atoms with Gasteiger partial charge in [0.25, 0.3) is 0 Å². The highest BCUT2D eigenvalue weighted by Crippen LogP contribution is 2.31. The maximum absolute atomic E-state index is 14.0. The van der Waals surface area contributed by atoms with Crippen molar-refractivity contribution in [3.8, 4) is 0 Å². The molecule has 2 heterocycles. The third-order valence-corrected chi connectivity index (χ3v) is 8.06. The smallest absolute Gasteiger partial charge is 0.240 e. The number of carbonyl (C=O) groups is 2. The first-order valence-corrected chi connectivity index (χ1v) is 13.9. The molecular formula is C31H42FN3O2. The van der Waals surface area contributed by atoms with Crippen LogP contribution in [0.1, 0.15) is 62.6 Å². The molecule has 1 amide bonds. The summed E-state index contributed by atoms with van der Waals surface area (Å²) in [6, 6.07) is 15.2. The highest BCUT2D eigenvalue weighted by Gasteiger charge is 2.45. The predicted molar refractivity (Wildman–Crippen MR) is 146 cm³/mol. The fourth-order valence-electron chi connectivity index (χ4n) is 6.00. The van der Waals surface area contributed by atoms with Crippen molar-refractivity contribution in [1.29, 1.82) is 0 Å². The van der Waals surface area contributed by atoms with Crippen LogP contribution >= 0.6 is 0 Å². The van der Waals surface area contributed by atoms with Crippen molar-refractivity contribution in [2.75, 3.05) is 13.1 Å². The Morgan fingerprint density at radius 2 is 1.86 bits per heavy atom. The van der Waals surface area contributed by atoms with Crippen molar-refractivity contribution in [1.82, 2.24) is 9.80 Å². The Morgan fingerprint density at radius 3 is 2.57 bits per heavy atom. The van der Waals surface area contributed by atoms with Gasteiger partial charge in [-0.2, -0.15) is 0 Å². The van der Waals surface area contributed by atoms with Gasteiger partial charge in [0, 0.05) is 31.6 Å². The van der Waals surface area contributed by atoms with E-state index in [2.05, 4.69) is 43.0 Å². The number of aryl methyl sites for hydroxylation is 3. The number of nitrogens with zero attached hydrogens (tertiary/aromatic N) is 2. The number of carbonyl (C=O) groups excluding carboxylic acids is 2. The number of ketones is 1. The van der Waals surface area contributed by atoms with Gasteiger partial charge in [-0.3, -0.25) is 14.5 Å². The monoisotopic (exact) mass is 507 g/mol. The first-order valence-electron chi connectivity index (χ1n) is 13.9. The lowest BCUT2D eigenvalue weighted by Gasteiger charge is -2.33. The minimum atomic E-state index is -0.450. The average Bonchev–Trinajstić information content (AvgIpc) is 3.22. The zero-order valence-electron chi connectivity index (χ0n) is 22.5. The minimum Gasteiger partial charge on any atom is -0.331 e. The van der Waals surface area contributed by atoms with Gasteiger partial charge in [-0.25, -0.2) is 4.39 Å². The Bertz CT molecular complexity index is 1070. The molecule has 0 spiro atoms. The molecule has 2 N–H and O–H groups in total. The number of benzene rings is 2. The zero-order chi connectivity index (χ0) is 26.5. The molecule has 4 rings (SSSR count). The van der Waals surface area contributed by atoms with Crippen LogP contribution in [0, 0.1) is 18.7 Å². The summed E-state index contributed by atoms with van der Waals surface area (Å²) in [6.07, 6.45) is 4.83. The molecule has 0 bridgehead atoms. The van der Waals surface area contributed by atoms with Crippen LogP contribution in [0.2, 0.25) is 0 Å². The van der Waals surface area contributed by atoms with E-state index in [1.165, 1.54) is 11.6 Å². The van der Waals surface area contributed by atoms with Crippen molar-refractivity contribution < 1.29 is 14.0 Å². The molecule has 1 unspecified atom stereocenters. The first-order chi connectivity index (χ1) is 17.7. The third kappa shape index (κ3) is 6.85. The molecule has 2 aromatic rings. The van der Waals surface area contributed by atoms with Gasteiger partial charge in [0.1, 0.15) is 5.82 Å². The van der Waals surface area contributed by atoms with Gasteiger partial charge in [-0.05, 0) is 74.1 Å². The molecule has 2 fully saturated rings. The van der Waals surface area contributed by atoms with Gasteiger partial charge in [0.2, 0.25) is 5.91 Å². The minimum absolute atomic E-state index is 0.0243. The summed E-state index contributed by atoms with van der Waals surface area (Å²) in [5.41, 5.74) is 9.08. The van der Waals surface area contributed by atoms with Crippen LogP contribution in [0.5, 0.6) is 0 Å². The van der Waals surface area contributed by atoms with E-state index in [4.69, 9.17) is 5.73 Å². The number of Topliss-reactive ketones (excluding diaryl/α,β-unsaturated/α-hetero) is 1. The van der Waals surface area contributed by atoms with Crippen molar-refractivity contribution >= 4 is 11.7 Å². The largest absolute Gasteiger partial charge is 0.331 e. The van der Waals surface area contributed by atoms with Crippen LogP contribution in [-0.4, -0.2) is 58.7 Å². The Hall–Kier alpha value is -2.57. The van der Waals surface area contributed by atoms with Crippen LogP contribution in [0.25, 0.3) is 0 Å². The molecule has 2 aliphatic rings. The normalized spacial score (nSPS) is 23.2. The number of hydrogen-bond acceptors (Lipinski definition) is 4. The molecule has 200 valence electrons. The maximum Gasteiger partial charge on any atom is 0.240 e. The summed E-state index contributed by atoms with van der Waals surface area (Å²) in [5.74, 6) is 0.151. The Balaban J connectivity index is 1.50. The molecule has 2 aromatic carbocycles. The van der Waals surface area contributed by atoms with E-state index in [1.807, 2.05) is 17.0 Å². The van der Waals surface area contributed by atoms with Gasteiger partial charge in [-0.15, -0.1) is 0 Å². The summed E-state index contributed by atoms with van der Waals surface area (Å²) in [5, 5.41) is 0. The zero-order valence-corrected chi connectivity index (χ0v) is 22.5. The number of halogens is 1. The molecule has 5 nitrogen and oxygen atoms in total. The van der Waals surface area contributed by atoms with Crippen molar-refractivity contribution in [3.63, 3.8) is 0 Å². The third-order valence-electron chi connectivity index (χ3n) is 8.06. The van der Waals surface area contributed by atoms with E-state index < -0.39 is 6.04 Å². The molecule has 6 heteroatoms. The van der Waals surface area contributed by atoms with Crippen molar-refractivity contribution in [3.05, 3.63) is 71.0 Å². The van der Waals surface area contributed by atoms with E-state index in [0.717, 1.165) is 31.4 Å². The second-order valence-electron chi connectivity index (χ2n) is 11.4. The molecule has 37 heavy (non-hydrogen) atoms. The number of hydrogen-bond donors (Lipinski definition) is 1. The summed E-state index contributed by atoms with van der Waals surface area (Å²) in [4.78, 5) is 31.7. The highest BCUT2D eigenvalue weighted by atomic mass is 19.1. The average molecular weight is 508 g/mol. The van der Waals surface area contributed by atoms with Crippen LogP contribution < -0.4 is 5.73 Å². The fourth-order valence-corrected chi connectivity index (χ4v) is 6.00. The Kier molecular flexibility index (Phi) is 9.14.